The molecule has 0 saturated heterocycles. The average molecular weight is 495 g/mol. The Morgan fingerprint density at radius 3 is 2.20 bits per heavy atom. The SMILES string of the molecule is CCCCCCC=C[C@H]1CCC(=O)[C@@H]1CC=CCC(OC(C)=O)C(OC(C)=O)(OC(C)=O)C(=O)O. The number of rotatable bonds is 15. The maximum absolute atomic E-state index is 12.4. The van der Waals surface area contributed by atoms with Crippen LogP contribution in [0.5, 0.6) is 0 Å². The van der Waals surface area contributed by atoms with E-state index >= 15 is 0 Å². The fraction of sp³-hybridized carbons (Fsp3) is 0.654. The van der Waals surface area contributed by atoms with E-state index in [0.717, 1.165) is 40.0 Å². The van der Waals surface area contributed by atoms with Crippen LogP contribution in [0.1, 0.15) is 85.5 Å². The molecular formula is C26H38O9. The predicted molar refractivity (Wildman–Crippen MR) is 127 cm³/mol. The van der Waals surface area contributed by atoms with Crippen molar-refractivity contribution in [2.75, 3.05) is 0 Å². The summed E-state index contributed by atoms with van der Waals surface area (Å²) >= 11 is 0. The number of hydrogen-bond acceptors (Lipinski definition) is 8. The van der Waals surface area contributed by atoms with E-state index in [2.05, 4.69) is 19.1 Å². The van der Waals surface area contributed by atoms with Crippen molar-refractivity contribution in [1.82, 2.24) is 0 Å². The predicted octanol–water partition coefficient (Wildman–Crippen LogP) is 4.28. The lowest BCUT2D eigenvalue weighted by molar-refractivity contribution is -0.263. The lowest BCUT2D eigenvalue weighted by atomic mass is 9.91. The van der Waals surface area contributed by atoms with Crippen molar-refractivity contribution < 1.29 is 43.3 Å². The first-order valence-electron chi connectivity index (χ1n) is 12.2. The van der Waals surface area contributed by atoms with Gasteiger partial charge in [0.25, 0.3) is 0 Å². The van der Waals surface area contributed by atoms with Crippen LogP contribution in [0, 0.1) is 11.8 Å². The summed E-state index contributed by atoms with van der Waals surface area (Å²) in [5, 5.41) is 9.73. The van der Waals surface area contributed by atoms with E-state index in [0.29, 0.717) is 12.8 Å². The van der Waals surface area contributed by atoms with Crippen molar-refractivity contribution in [1.29, 1.82) is 0 Å². The number of carboxylic acids is 1. The van der Waals surface area contributed by atoms with Gasteiger partial charge in [-0.15, -0.1) is 0 Å². The first kappa shape index (κ1) is 30.1. The fourth-order valence-electron chi connectivity index (χ4n) is 4.18. The van der Waals surface area contributed by atoms with E-state index in [1.807, 2.05) is 0 Å². The molecule has 0 heterocycles. The van der Waals surface area contributed by atoms with Crippen LogP contribution in [0.2, 0.25) is 0 Å². The quantitative estimate of drug-likeness (QED) is 0.153. The number of carbonyl (C=O) groups excluding carboxylic acids is 4. The lowest BCUT2D eigenvalue weighted by Gasteiger charge is -2.33. The number of esters is 3. The van der Waals surface area contributed by atoms with E-state index in [1.165, 1.54) is 25.3 Å². The third-order valence-corrected chi connectivity index (χ3v) is 5.79. The van der Waals surface area contributed by atoms with Gasteiger partial charge in [-0.1, -0.05) is 50.5 Å². The Labute approximate surface area is 206 Å². The first-order chi connectivity index (χ1) is 16.5. The Bertz CT molecular complexity index is 796. The Kier molecular flexibility index (Phi) is 13.0. The number of aliphatic carboxylic acids is 1. The van der Waals surface area contributed by atoms with Crippen molar-refractivity contribution in [3.05, 3.63) is 24.3 Å². The molecular weight excluding hydrogens is 456 g/mol. The van der Waals surface area contributed by atoms with Crippen LogP contribution < -0.4 is 0 Å². The summed E-state index contributed by atoms with van der Waals surface area (Å²) in [5.74, 6) is -7.40. The Balaban J connectivity index is 2.92. The molecule has 1 aliphatic rings. The second kappa shape index (κ2) is 15.1. The number of ketones is 1. The van der Waals surface area contributed by atoms with Gasteiger partial charge in [-0.3, -0.25) is 19.2 Å². The molecule has 1 rings (SSSR count). The number of Topliss-reactive ketones (excluding diaryl/α,β-unsaturated/α-hetero) is 1. The lowest BCUT2D eigenvalue weighted by Crippen LogP contribution is -2.57. The number of ether oxygens (including phenoxy) is 3. The third-order valence-electron chi connectivity index (χ3n) is 5.79. The van der Waals surface area contributed by atoms with E-state index in [4.69, 9.17) is 14.2 Å². The van der Waals surface area contributed by atoms with Crippen LogP contribution >= 0.6 is 0 Å². The third kappa shape index (κ3) is 10.0. The van der Waals surface area contributed by atoms with Crippen LogP contribution in [-0.4, -0.2) is 46.7 Å². The second-order valence-corrected chi connectivity index (χ2v) is 8.75. The van der Waals surface area contributed by atoms with Gasteiger partial charge >= 0.3 is 29.7 Å². The molecule has 0 aliphatic heterocycles. The maximum Gasteiger partial charge on any atom is 0.394 e. The Morgan fingerprint density at radius 1 is 1.00 bits per heavy atom. The van der Waals surface area contributed by atoms with Gasteiger partial charge in [0.2, 0.25) is 0 Å². The number of allylic oxidation sites excluding steroid dienone is 3. The molecule has 1 N–H and O–H groups in total. The molecule has 1 fully saturated rings. The van der Waals surface area contributed by atoms with Gasteiger partial charge in [0, 0.05) is 39.5 Å². The van der Waals surface area contributed by atoms with Crippen LogP contribution in [0.15, 0.2) is 24.3 Å². The smallest absolute Gasteiger partial charge is 0.394 e. The van der Waals surface area contributed by atoms with E-state index in [9.17, 15) is 29.1 Å². The van der Waals surface area contributed by atoms with Crippen molar-refractivity contribution in [3.63, 3.8) is 0 Å². The fourth-order valence-corrected chi connectivity index (χ4v) is 4.18. The zero-order chi connectivity index (χ0) is 26.4. The molecule has 0 bridgehead atoms. The molecule has 0 aromatic rings. The summed E-state index contributed by atoms with van der Waals surface area (Å²) in [5.41, 5.74) is 0. The molecule has 1 unspecified atom stereocenters. The highest BCUT2D eigenvalue weighted by molar-refractivity contribution is 5.84. The maximum atomic E-state index is 12.4. The van der Waals surface area contributed by atoms with E-state index < -0.39 is 35.8 Å². The zero-order valence-electron chi connectivity index (χ0n) is 21.1. The van der Waals surface area contributed by atoms with Crippen LogP contribution in [0.4, 0.5) is 0 Å². The largest absolute Gasteiger partial charge is 0.475 e. The summed E-state index contributed by atoms with van der Waals surface area (Å²) in [6.07, 6.45) is 13.1. The molecule has 1 aliphatic carbocycles. The minimum Gasteiger partial charge on any atom is -0.475 e. The summed E-state index contributed by atoms with van der Waals surface area (Å²) in [7, 11) is 0. The highest BCUT2D eigenvalue weighted by Crippen LogP contribution is 2.33. The van der Waals surface area contributed by atoms with Crippen LogP contribution in [0.25, 0.3) is 0 Å². The van der Waals surface area contributed by atoms with E-state index in [1.54, 1.807) is 6.08 Å². The number of hydrogen-bond donors (Lipinski definition) is 1. The molecule has 1 saturated carbocycles. The van der Waals surface area contributed by atoms with Gasteiger partial charge in [0.1, 0.15) is 5.78 Å². The molecule has 196 valence electrons. The van der Waals surface area contributed by atoms with Gasteiger partial charge < -0.3 is 19.3 Å². The molecule has 0 aromatic heterocycles. The number of unbranched alkanes of at least 4 members (excludes halogenated alkanes) is 4. The highest BCUT2D eigenvalue weighted by Gasteiger charge is 2.55. The summed E-state index contributed by atoms with van der Waals surface area (Å²) in [6, 6.07) is 0. The molecule has 0 spiro atoms. The Hall–Kier alpha value is -2.97. The highest BCUT2D eigenvalue weighted by atomic mass is 16.8. The van der Waals surface area contributed by atoms with Crippen LogP contribution in [-0.2, 0) is 38.2 Å². The van der Waals surface area contributed by atoms with Crippen molar-refractivity contribution >= 4 is 29.7 Å². The molecule has 0 aromatic carbocycles. The van der Waals surface area contributed by atoms with Crippen LogP contribution in [0.3, 0.4) is 0 Å². The first-order valence-corrected chi connectivity index (χ1v) is 12.2. The average Bonchev–Trinajstić information content (AvgIpc) is 3.10. The standard InChI is InChI=1S/C26H38O9/c1-5-6-7-8-9-10-13-21-16-17-23(30)22(21)14-11-12-15-24(33-18(2)27)26(25(31)32,34-19(3)28)35-20(4)29/h10-13,21-22,24H,5-9,14-17H2,1-4H3,(H,31,32)/t21-,22+,24?/m0/s1. The molecule has 9 nitrogen and oxygen atoms in total. The van der Waals surface area contributed by atoms with Crippen molar-refractivity contribution in [3.8, 4) is 0 Å². The molecule has 0 radical (unpaired) electrons. The van der Waals surface area contributed by atoms with Gasteiger partial charge in [0.15, 0.2) is 6.10 Å². The minimum absolute atomic E-state index is 0.141. The topological polar surface area (TPSA) is 133 Å². The van der Waals surface area contributed by atoms with Gasteiger partial charge in [-0.25, -0.2) is 4.79 Å². The van der Waals surface area contributed by atoms with Crippen molar-refractivity contribution in [2.24, 2.45) is 11.8 Å². The summed E-state index contributed by atoms with van der Waals surface area (Å²) < 4.78 is 14.8. The second-order valence-electron chi connectivity index (χ2n) is 8.75. The Morgan fingerprint density at radius 2 is 1.66 bits per heavy atom. The van der Waals surface area contributed by atoms with Gasteiger partial charge in [-0.05, 0) is 31.6 Å². The minimum atomic E-state index is -2.83. The van der Waals surface area contributed by atoms with E-state index in [-0.39, 0.29) is 24.0 Å². The zero-order valence-corrected chi connectivity index (χ0v) is 21.1. The normalized spacial score (nSPS) is 19.1. The number of carbonyl (C=O) groups is 5. The summed E-state index contributed by atoms with van der Waals surface area (Å²) in [4.78, 5) is 59.2. The molecule has 35 heavy (non-hydrogen) atoms. The molecule has 3 atom stereocenters. The van der Waals surface area contributed by atoms with Crippen molar-refractivity contribution in [2.45, 2.75) is 97.4 Å². The summed E-state index contributed by atoms with van der Waals surface area (Å²) in [6.45, 7) is 5.12. The van der Waals surface area contributed by atoms with Gasteiger partial charge in [-0.2, -0.15) is 0 Å². The van der Waals surface area contributed by atoms with Gasteiger partial charge in [0.05, 0.1) is 0 Å². The molecule has 9 heteroatoms. The molecule has 0 amide bonds. The monoisotopic (exact) mass is 494 g/mol. The number of carboxylic acid groups (broad SMARTS) is 1.